The van der Waals surface area contributed by atoms with E-state index in [0.29, 0.717) is 54.6 Å². The molecule has 0 saturated carbocycles. The van der Waals surface area contributed by atoms with Gasteiger partial charge in [0, 0.05) is 12.1 Å². The molecule has 1 atom stereocenters. The zero-order valence-corrected chi connectivity index (χ0v) is 20.5. The number of methoxy groups -OCH3 is 1. The molecule has 2 aromatic carbocycles. The normalized spacial score (nSPS) is 18.9. The first-order chi connectivity index (χ1) is 17.0. The summed E-state index contributed by atoms with van der Waals surface area (Å²) in [5, 5.41) is 11.3. The zero-order chi connectivity index (χ0) is 24.9. The molecule has 0 aromatic heterocycles. The highest BCUT2D eigenvalue weighted by Crippen LogP contribution is 2.41. The van der Waals surface area contributed by atoms with E-state index in [0.717, 1.165) is 19.6 Å². The molecule has 0 spiro atoms. The quantitative estimate of drug-likeness (QED) is 0.333. The topological polar surface area (TPSA) is 88.5 Å². The van der Waals surface area contributed by atoms with E-state index in [1.165, 1.54) is 0 Å². The molecular weight excluding hydrogens is 448 g/mol. The number of nitrogens with zero attached hydrogens (tertiary/aromatic N) is 2. The summed E-state index contributed by atoms with van der Waals surface area (Å²) < 4.78 is 16.6. The first-order valence-electron chi connectivity index (χ1n) is 12.0. The molecule has 2 aliphatic heterocycles. The second-order valence-electron chi connectivity index (χ2n) is 8.51. The smallest absolute Gasteiger partial charge is 0.295 e. The van der Waals surface area contributed by atoms with Crippen molar-refractivity contribution in [2.24, 2.45) is 0 Å². The first kappa shape index (κ1) is 24.6. The summed E-state index contributed by atoms with van der Waals surface area (Å²) in [6.07, 6.45) is 0.708. The van der Waals surface area contributed by atoms with Crippen LogP contribution in [0.2, 0.25) is 0 Å². The van der Waals surface area contributed by atoms with Crippen LogP contribution >= 0.6 is 0 Å². The van der Waals surface area contributed by atoms with Gasteiger partial charge in [-0.15, -0.1) is 0 Å². The minimum absolute atomic E-state index is 0.0581. The predicted molar refractivity (Wildman–Crippen MR) is 132 cm³/mol. The SMILES string of the molecule is CCN(CC)CCCN1C(=O)C(=O)/C(=C(\O)c2ccc3c(c2)OCCO3)C1c1cccc(OC)c1. The van der Waals surface area contributed by atoms with Gasteiger partial charge in [0.15, 0.2) is 11.5 Å². The number of hydrogen-bond donors (Lipinski definition) is 1. The van der Waals surface area contributed by atoms with Crippen molar-refractivity contribution in [2.45, 2.75) is 26.3 Å². The molecule has 2 aliphatic rings. The first-order valence-corrected chi connectivity index (χ1v) is 12.0. The third-order valence-corrected chi connectivity index (χ3v) is 6.53. The Morgan fingerprint density at radius 3 is 2.54 bits per heavy atom. The van der Waals surface area contributed by atoms with Gasteiger partial charge in [-0.25, -0.2) is 0 Å². The van der Waals surface area contributed by atoms with E-state index >= 15 is 0 Å². The Morgan fingerprint density at radius 1 is 1.09 bits per heavy atom. The molecular formula is C27H32N2O6. The fourth-order valence-electron chi connectivity index (χ4n) is 4.62. The maximum absolute atomic E-state index is 13.3. The third kappa shape index (κ3) is 4.98. The Hall–Kier alpha value is -3.52. The molecule has 1 saturated heterocycles. The summed E-state index contributed by atoms with van der Waals surface area (Å²) >= 11 is 0. The lowest BCUT2D eigenvalue weighted by molar-refractivity contribution is -0.140. The monoisotopic (exact) mass is 480 g/mol. The number of amides is 1. The Labute approximate surface area is 205 Å². The summed E-state index contributed by atoms with van der Waals surface area (Å²) in [4.78, 5) is 30.3. The molecule has 0 bridgehead atoms. The number of Topliss-reactive ketones (excluding diaryl/α,β-unsaturated/α-hetero) is 1. The predicted octanol–water partition coefficient (Wildman–Crippen LogP) is 3.62. The maximum Gasteiger partial charge on any atom is 0.295 e. The molecule has 8 nitrogen and oxygen atoms in total. The van der Waals surface area contributed by atoms with Gasteiger partial charge in [0.05, 0.1) is 18.7 Å². The van der Waals surface area contributed by atoms with E-state index in [2.05, 4.69) is 18.7 Å². The van der Waals surface area contributed by atoms with Gasteiger partial charge in [-0.3, -0.25) is 9.59 Å². The van der Waals surface area contributed by atoms with Crippen molar-refractivity contribution in [2.75, 3.05) is 46.5 Å². The highest BCUT2D eigenvalue weighted by molar-refractivity contribution is 6.46. The Morgan fingerprint density at radius 2 is 1.83 bits per heavy atom. The van der Waals surface area contributed by atoms with Crippen LogP contribution in [0.4, 0.5) is 0 Å². The molecule has 1 fully saturated rings. The van der Waals surface area contributed by atoms with Crippen LogP contribution in [0.3, 0.4) is 0 Å². The summed E-state index contributed by atoms with van der Waals surface area (Å²) in [5.74, 6) is 0.125. The number of aliphatic hydroxyl groups excluding tert-OH is 1. The van der Waals surface area contributed by atoms with Crippen molar-refractivity contribution in [3.63, 3.8) is 0 Å². The second-order valence-corrected chi connectivity index (χ2v) is 8.51. The van der Waals surface area contributed by atoms with Crippen LogP contribution in [0.1, 0.15) is 37.4 Å². The molecule has 0 aliphatic carbocycles. The Balaban J connectivity index is 1.75. The maximum atomic E-state index is 13.3. The number of hydrogen-bond acceptors (Lipinski definition) is 7. The summed E-state index contributed by atoms with van der Waals surface area (Å²) in [7, 11) is 1.56. The van der Waals surface area contributed by atoms with Crippen LogP contribution in [0.5, 0.6) is 17.2 Å². The van der Waals surface area contributed by atoms with Crippen molar-refractivity contribution < 1.29 is 28.9 Å². The van der Waals surface area contributed by atoms with Crippen LogP contribution < -0.4 is 14.2 Å². The highest BCUT2D eigenvalue weighted by atomic mass is 16.6. The minimum Gasteiger partial charge on any atom is -0.507 e. The van der Waals surface area contributed by atoms with Crippen LogP contribution in [0, 0.1) is 0 Å². The van der Waals surface area contributed by atoms with Crippen molar-refractivity contribution in [1.82, 2.24) is 9.80 Å². The number of rotatable bonds is 9. The van der Waals surface area contributed by atoms with Gasteiger partial charge >= 0.3 is 0 Å². The van der Waals surface area contributed by atoms with Gasteiger partial charge in [0.1, 0.15) is 24.7 Å². The molecule has 8 heteroatoms. The van der Waals surface area contributed by atoms with E-state index in [-0.39, 0.29) is 11.3 Å². The number of benzene rings is 2. The van der Waals surface area contributed by atoms with E-state index in [4.69, 9.17) is 14.2 Å². The molecule has 0 radical (unpaired) electrons. The lowest BCUT2D eigenvalue weighted by atomic mass is 9.95. The third-order valence-electron chi connectivity index (χ3n) is 6.53. The van der Waals surface area contributed by atoms with Gasteiger partial charge < -0.3 is 29.1 Å². The molecule has 1 amide bonds. The van der Waals surface area contributed by atoms with E-state index < -0.39 is 17.7 Å². The van der Waals surface area contributed by atoms with Crippen LogP contribution in [-0.2, 0) is 9.59 Å². The lowest BCUT2D eigenvalue weighted by Crippen LogP contribution is -2.33. The van der Waals surface area contributed by atoms with Gasteiger partial charge in [-0.2, -0.15) is 0 Å². The van der Waals surface area contributed by atoms with Crippen molar-refractivity contribution in [1.29, 1.82) is 0 Å². The molecule has 4 rings (SSSR count). The van der Waals surface area contributed by atoms with Crippen LogP contribution in [0.15, 0.2) is 48.0 Å². The highest BCUT2D eigenvalue weighted by Gasteiger charge is 2.46. The molecule has 1 N–H and O–H groups in total. The average Bonchev–Trinajstić information content (AvgIpc) is 3.15. The van der Waals surface area contributed by atoms with Gasteiger partial charge in [0.2, 0.25) is 0 Å². The number of carbonyl (C=O) groups is 2. The fourth-order valence-corrected chi connectivity index (χ4v) is 4.62. The second kappa shape index (κ2) is 10.8. The van der Waals surface area contributed by atoms with Crippen molar-refractivity contribution >= 4 is 17.4 Å². The molecule has 2 heterocycles. The largest absolute Gasteiger partial charge is 0.507 e. The van der Waals surface area contributed by atoms with Gasteiger partial charge in [0.25, 0.3) is 11.7 Å². The number of aliphatic hydroxyl groups is 1. The number of ketones is 1. The van der Waals surface area contributed by atoms with E-state index in [1.807, 2.05) is 12.1 Å². The number of ether oxygens (including phenoxy) is 3. The van der Waals surface area contributed by atoms with Crippen molar-refractivity contribution in [3.05, 3.63) is 59.2 Å². The fraction of sp³-hybridized carbons (Fsp3) is 0.407. The molecule has 35 heavy (non-hydrogen) atoms. The van der Waals surface area contributed by atoms with Gasteiger partial charge in [-0.05, 0) is 62.0 Å². The summed E-state index contributed by atoms with van der Waals surface area (Å²) in [5.41, 5.74) is 1.15. The molecule has 1 unspecified atom stereocenters. The number of carbonyl (C=O) groups excluding carboxylic acids is 2. The summed E-state index contributed by atoms with van der Waals surface area (Å²) in [6.45, 7) is 8.07. The van der Waals surface area contributed by atoms with Crippen molar-refractivity contribution in [3.8, 4) is 17.2 Å². The average molecular weight is 481 g/mol. The van der Waals surface area contributed by atoms with E-state index in [9.17, 15) is 14.7 Å². The summed E-state index contributed by atoms with van der Waals surface area (Å²) in [6, 6.07) is 11.5. The Kier molecular flexibility index (Phi) is 7.60. The molecule has 186 valence electrons. The van der Waals surface area contributed by atoms with Crippen LogP contribution in [0.25, 0.3) is 5.76 Å². The van der Waals surface area contributed by atoms with Gasteiger partial charge in [-0.1, -0.05) is 26.0 Å². The standard InChI is InChI=1S/C27H32N2O6/c1-4-28(5-2)12-7-13-29-24(18-8-6-9-20(16-18)33-3)23(26(31)27(29)32)25(30)19-10-11-21-22(17-19)35-15-14-34-21/h6,8-11,16-17,24,30H,4-5,7,12-15H2,1-3H3/b25-23-. The number of likely N-dealkylation sites (tertiary alicyclic amines) is 1. The number of fused-ring (bicyclic) bond motifs is 1. The van der Waals surface area contributed by atoms with E-state index in [1.54, 1.807) is 42.3 Å². The Bertz CT molecular complexity index is 1120. The molecule has 2 aromatic rings. The lowest BCUT2D eigenvalue weighted by Gasteiger charge is -2.27. The van der Waals surface area contributed by atoms with Crippen LogP contribution in [-0.4, -0.2) is 73.1 Å². The zero-order valence-electron chi connectivity index (χ0n) is 20.5. The minimum atomic E-state index is -0.727.